The fourth-order valence-corrected chi connectivity index (χ4v) is 2.53. The summed E-state index contributed by atoms with van der Waals surface area (Å²) in [4.78, 5) is 7.95. The third-order valence-electron chi connectivity index (χ3n) is 2.94. The van der Waals surface area contributed by atoms with E-state index in [2.05, 4.69) is 25.9 Å². The Morgan fingerprint density at radius 2 is 1.91 bits per heavy atom. The van der Waals surface area contributed by atoms with Gasteiger partial charge in [0.1, 0.15) is 17.5 Å². The van der Waals surface area contributed by atoms with Crippen LogP contribution in [0.5, 0.6) is 11.5 Å². The number of aromatic nitrogens is 2. The number of hydrogen-bond acceptors (Lipinski definition) is 7. The van der Waals surface area contributed by atoms with Crippen LogP contribution in [0.3, 0.4) is 0 Å². The molecule has 0 unspecified atom stereocenters. The van der Waals surface area contributed by atoms with E-state index in [-0.39, 0.29) is 23.4 Å². The molecule has 0 radical (unpaired) electrons. The maximum absolute atomic E-state index is 9.32. The molecule has 0 amide bonds. The summed E-state index contributed by atoms with van der Waals surface area (Å²) in [5.74, 6) is 1.11. The molecule has 0 aliphatic rings. The van der Waals surface area contributed by atoms with Gasteiger partial charge in [0.2, 0.25) is 5.95 Å². The quantitative estimate of drug-likeness (QED) is 0.839. The van der Waals surface area contributed by atoms with E-state index in [1.165, 1.54) is 7.11 Å². The van der Waals surface area contributed by atoms with Gasteiger partial charge in [0.15, 0.2) is 11.5 Å². The molecule has 0 aliphatic carbocycles. The number of nitrogens with zero attached hydrogens (tertiary/aromatic N) is 3. The lowest BCUT2D eigenvalue weighted by atomic mass is 10.1. The first-order valence-electron chi connectivity index (χ1n) is 6.75. The average Bonchev–Trinajstić information content (AvgIpc) is 2.46. The summed E-state index contributed by atoms with van der Waals surface area (Å²) in [6.07, 6.45) is -0.0124. The van der Waals surface area contributed by atoms with Crippen LogP contribution in [-0.4, -0.2) is 23.2 Å². The van der Waals surface area contributed by atoms with Crippen LogP contribution in [0.4, 0.5) is 11.8 Å². The molecular weight excluding hydrogens is 362 g/mol. The molecule has 120 valence electrons. The summed E-state index contributed by atoms with van der Waals surface area (Å²) in [5.41, 5.74) is 12.5. The van der Waals surface area contributed by atoms with Gasteiger partial charge in [0.25, 0.3) is 0 Å². The van der Waals surface area contributed by atoms with Gasteiger partial charge < -0.3 is 20.9 Å². The van der Waals surface area contributed by atoms with Gasteiger partial charge in [-0.1, -0.05) is 0 Å². The van der Waals surface area contributed by atoms with Crippen LogP contribution in [0.25, 0.3) is 11.3 Å². The van der Waals surface area contributed by atoms with E-state index in [0.717, 1.165) is 0 Å². The van der Waals surface area contributed by atoms with E-state index in [0.29, 0.717) is 27.2 Å². The van der Waals surface area contributed by atoms with Crippen LogP contribution < -0.4 is 20.9 Å². The second kappa shape index (κ2) is 6.71. The average molecular weight is 378 g/mol. The topological polar surface area (TPSA) is 120 Å². The molecule has 0 bridgehead atoms. The first-order chi connectivity index (χ1) is 10.9. The highest BCUT2D eigenvalue weighted by atomic mass is 79.9. The van der Waals surface area contributed by atoms with Gasteiger partial charge in [-0.05, 0) is 41.9 Å². The fraction of sp³-hybridized carbons (Fsp3) is 0.267. The Kier molecular flexibility index (Phi) is 4.91. The third-order valence-corrected chi connectivity index (χ3v) is 3.59. The molecule has 1 aromatic carbocycles. The number of anilines is 2. The van der Waals surface area contributed by atoms with Crippen molar-refractivity contribution < 1.29 is 9.47 Å². The Morgan fingerprint density at radius 1 is 1.22 bits per heavy atom. The second-order valence-corrected chi connectivity index (χ2v) is 5.81. The molecule has 2 rings (SSSR count). The van der Waals surface area contributed by atoms with E-state index in [1.54, 1.807) is 12.1 Å². The lowest BCUT2D eigenvalue weighted by Gasteiger charge is -2.16. The molecule has 7 nitrogen and oxygen atoms in total. The Labute approximate surface area is 142 Å². The van der Waals surface area contributed by atoms with Crippen molar-refractivity contribution in [2.45, 2.75) is 20.0 Å². The SMILES string of the molecule is COc1cc(-c2nc(N)nc(N)c2C#N)c(Br)cc1OC(C)C. The Morgan fingerprint density at radius 3 is 2.48 bits per heavy atom. The monoisotopic (exact) mass is 377 g/mol. The lowest BCUT2D eigenvalue weighted by Crippen LogP contribution is -2.08. The van der Waals surface area contributed by atoms with Gasteiger partial charge in [-0.2, -0.15) is 10.2 Å². The summed E-state index contributed by atoms with van der Waals surface area (Å²) in [7, 11) is 1.54. The molecule has 0 atom stereocenters. The maximum atomic E-state index is 9.32. The smallest absolute Gasteiger partial charge is 0.222 e. The van der Waals surface area contributed by atoms with E-state index >= 15 is 0 Å². The molecule has 8 heteroatoms. The standard InChI is InChI=1S/C15H16BrN5O2/c1-7(2)23-12-5-10(16)8(4-11(12)22-3)13-9(6-17)14(18)21-15(19)20-13/h4-5,7H,1-3H3,(H4,18,19,20,21). The van der Waals surface area contributed by atoms with E-state index in [9.17, 15) is 5.26 Å². The van der Waals surface area contributed by atoms with Crippen LogP contribution in [0.15, 0.2) is 16.6 Å². The van der Waals surface area contributed by atoms with Crippen molar-refractivity contribution in [2.75, 3.05) is 18.6 Å². The molecule has 0 fully saturated rings. The molecule has 2 aromatic rings. The normalized spacial score (nSPS) is 10.4. The molecule has 0 saturated carbocycles. The first-order valence-corrected chi connectivity index (χ1v) is 7.54. The van der Waals surface area contributed by atoms with Crippen molar-refractivity contribution in [3.05, 3.63) is 22.2 Å². The van der Waals surface area contributed by atoms with Crippen LogP contribution in [-0.2, 0) is 0 Å². The summed E-state index contributed by atoms with van der Waals surface area (Å²) < 4.78 is 11.7. The number of hydrogen-bond donors (Lipinski definition) is 2. The van der Waals surface area contributed by atoms with Crippen molar-refractivity contribution in [1.29, 1.82) is 5.26 Å². The molecule has 0 spiro atoms. The second-order valence-electron chi connectivity index (χ2n) is 4.95. The number of nitriles is 1. The van der Waals surface area contributed by atoms with Gasteiger partial charge in [-0.25, -0.2) is 4.98 Å². The first kappa shape index (κ1) is 16.8. The predicted octanol–water partition coefficient (Wildman–Crippen LogP) is 2.74. The number of nitrogens with two attached hydrogens (primary N) is 2. The number of ether oxygens (including phenoxy) is 2. The minimum Gasteiger partial charge on any atom is -0.493 e. The number of benzene rings is 1. The Hall–Kier alpha value is -2.53. The van der Waals surface area contributed by atoms with Gasteiger partial charge in [-0.15, -0.1) is 0 Å². The van der Waals surface area contributed by atoms with Crippen LogP contribution in [0.2, 0.25) is 0 Å². The summed E-state index contributed by atoms with van der Waals surface area (Å²) in [5, 5.41) is 9.32. The highest BCUT2D eigenvalue weighted by Gasteiger charge is 2.19. The van der Waals surface area contributed by atoms with Crippen LogP contribution in [0, 0.1) is 11.3 Å². The van der Waals surface area contributed by atoms with Gasteiger partial charge in [0, 0.05) is 10.0 Å². The summed E-state index contributed by atoms with van der Waals surface area (Å²) in [6.45, 7) is 3.84. The zero-order valence-corrected chi connectivity index (χ0v) is 14.5. The fourth-order valence-electron chi connectivity index (χ4n) is 2.02. The van der Waals surface area contributed by atoms with Crippen molar-refractivity contribution in [3.8, 4) is 28.8 Å². The molecular formula is C15H16BrN5O2. The van der Waals surface area contributed by atoms with Crippen LogP contribution in [0.1, 0.15) is 19.4 Å². The lowest BCUT2D eigenvalue weighted by molar-refractivity contribution is 0.230. The number of nitrogen functional groups attached to an aromatic ring is 2. The Balaban J connectivity index is 2.68. The van der Waals surface area contributed by atoms with Crippen molar-refractivity contribution in [1.82, 2.24) is 9.97 Å². The number of halogens is 1. The van der Waals surface area contributed by atoms with E-state index < -0.39 is 0 Å². The van der Waals surface area contributed by atoms with E-state index in [1.807, 2.05) is 19.9 Å². The van der Waals surface area contributed by atoms with E-state index in [4.69, 9.17) is 20.9 Å². The minimum absolute atomic E-state index is 0.00938. The predicted molar refractivity (Wildman–Crippen MR) is 91.0 cm³/mol. The summed E-state index contributed by atoms with van der Waals surface area (Å²) in [6, 6.07) is 5.47. The van der Waals surface area contributed by atoms with Crippen molar-refractivity contribution >= 4 is 27.7 Å². The number of methoxy groups -OCH3 is 1. The van der Waals surface area contributed by atoms with Crippen molar-refractivity contribution in [3.63, 3.8) is 0 Å². The molecule has 23 heavy (non-hydrogen) atoms. The molecule has 0 aliphatic heterocycles. The van der Waals surface area contributed by atoms with Crippen LogP contribution >= 0.6 is 15.9 Å². The highest BCUT2D eigenvalue weighted by Crippen LogP contribution is 2.40. The third kappa shape index (κ3) is 3.46. The summed E-state index contributed by atoms with van der Waals surface area (Å²) >= 11 is 3.46. The highest BCUT2D eigenvalue weighted by molar-refractivity contribution is 9.10. The van der Waals surface area contributed by atoms with Gasteiger partial charge in [0.05, 0.1) is 18.9 Å². The molecule has 1 heterocycles. The zero-order chi connectivity index (χ0) is 17.1. The minimum atomic E-state index is -0.0124. The molecule has 4 N–H and O–H groups in total. The molecule has 0 saturated heterocycles. The Bertz CT molecular complexity index is 786. The molecule has 1 aromatic heterocycles. The van der Waals surface area contributed by atoms with Gasteiger partial charge >= 0.3 is 0 Å². The largest absolute Gasteiger partial charge is 0.493 e. The van der Waals surface area contributed by atoms with Gasteiger partial charge in [-0.3, -0.25) is 0 Å². The van der Waals surface area contributed by atoms with Crippen molar-refractivity contribution in [2.24, 2.45) is 0 Å². The number of rotatable bonds is 4. The maximum Gasteiger partial charge on any atom is 0.222 e. The zero-order valence-electron chi connectivity index (χ0n) is 12.9.